The second-order valence-corrected chi connectivity index (χ2v) is 6.17. The van der Waals surface area contributed by atoms with Crippen LogP contribution in [0.1, 0.15) is 11.1 Å². The molecule has 140 valence electrons. The average Bonchev–Trinajstić information content (AvgIpc) is 2.53. The first-order valence-electron chi connectivity index (χ1n) is 7.10. The highest BCUT2D eigenvalue weighted by Gasteiger charge is 2.32. The molecule has 2 N–H and O–H groups in total. The Morgan fingerprint density at radius 2 is 1.54 bits per heavy atom. The predicted molar refractivity (Wildman–Crippen MR) is 85.7 cm³/mol. The molecule has 0 aliphatic carbocycles. The molecule has 0 aliphatic heterocycles. The summed E-state index contributed by atoms with van der Waals surface area (Å²) < 4.78 is 75.3. The highest BCUT2D eigenvalue weighted by Crippen LogP contribution is 2.37. The zero-order valence-corrected chi connectivity index (χ0v) is 13.7. The van der Waals surface area contributed by atoms with Gasteiger partial charge in [-0.1, -0.05) is 18.2 Å². The number of hydrogen-bond donors (Lipinski definition) is 2. The molecular formula is C16H12F6N2OS. The molecule has 26 heavy (non-hydrogen) atoms. The maximum atomic E-state index is 12.9. The number of hydrogen-bond acceptors (Lipinski definition) is 2. The third kappa shape index (κ3) is 6.17. The first kappa shape index (κ1) is 20.0. The van der Waals surface area contributed by atoms with Crippen molar-refractivity contribution in [2.75, 3.05) is 5.32 Å². The molecule has 10 heteroatoms. The van der Waals surface area contributed by atoms with Crippen LogP contribution in [0.25, 0.3) is 0 Å². The fraction of sp³-hybridized carbons (Fsp3) is 0.188. The summed E-state index contributed by atoms with van der Waals surface area (Å²) in [6.45, 7) is -0.358. The molecule has 0 saturated carbocycles. The Morgan fingerprint density at radius 3 is 2.12 bits per heavy atom. The van der Waals surface area contributed by atoms with Gasteiger partial charge in [-0.25, -0.2) is 4.79 Å². The maximum Gasteiger partial charge on any atom is 0.446 e. The second kappa shape index (κ2) is 7.90. The van der Waals surface area contributed by atoms with Gasteiger partial charge in [0.1, 0.15) is 0 Å². The molecule has 3 nitrogen and oxygen atoms in total. The Kier molecular flexibility index (Phi) is 6.06. The van der Waals surface area contributed by atoms with Crippen molar-refractivity contribution in [3.63, 3.8) is 0 Å². The molecule has 0 saturated heterocycles. The molecule has 2 aromatic rings. The fourth-order valence-corrected chi connectivity index (χ4v) is 2.58. The molecule has 0 atom stereocenters. The van der Waals surface area contributed by atoms with Crippen molar-refractivity contribution in [1.29, 1.82) is 0 Å². The molecule has 2 rings (SSSR count). The van der Waals surface area contributed by atoms with Crippen LogP contribution in [-0.4, -0.2) is 11.5 Å². The molecule has 0 fully saturated rings. The first-order valence-corrected chi connectivity index (χ1v) is 7.92. The van der Waals surface area contributed by atoms with E-state index in [9.17, 15) is 31.1 Å². The summed E-state index contributed by atoms with van der Waals surface area (Å²) in [6.07, 6.45) is -4.54. The number of alkyl halides is 6. The fourth-order valence-electron chi connectivity index (χ4n) is 2.04. The van der Waals surface area contributed by atoms with Gasteiger partial charge in [0.05, 0.1) is 5.56 Å². The van der Waals surface area contributed by atoms with Crippen LogP contribution in [0.15, 0.2) is 53.4 Å². The van der Waals surface area contributed by atoms with Crippen LogP contribution in [0, 0.1) is 0 Å². The van der Waals surface area contributed by atoms with Crippen LogP contribution in [0.4, 0.5) is 36.8 Å². The smallest absolute Gasteiger partial charge is 0.334 e. The Hall–Kier alpha value is -2.36. The minimum atomic E-state index is -4.54. The molecule has 0 spiro atoms. The Balaban J connectivity index is 1.94. The number of amides is 2. The van der Waals surface area contributed by atoms with Crippen LogP contribution >= 0.6 is 11.8 Å². The van der Waals surface area contributed by atoms with E-state index in [1.807, 2.05) is 0 Å². The Bertz CT molecular complexity index is 759. The number of carbonyl (C=O) groups excluding carboxylic acids is 1. The normalized spacial score (nSPS) is 11.9. The van der Waals surface area contributed by atoms with Gasteiger partial charge in [0.2, 0.25) is 0 Å². The van der Waals surface area contributed by atoms with Gasteiger partial charge in [0.15, 0.2) is 0 Å². The molecule has 2 aromatic carbocycles. The average molecular weight is 394 g/mol. The van der Waals surface area contributed by atoms with E-state index in [0.717, 1.165) is 6.07 Å². The summed E-state index contributed by atoms with van der Waals surface area (Å²) in [7, 11) is 0. The van der Waals surface area contributed by atoms with E-state index in [4.69, 9.17) is 0 Å². The molecule has 0 radical (unpaired) electrons. The van der Waals surface area contributed by atoms with Gasteiger partial charge < -0.3 is 10.6 Å². The number of rotatable bonds is 4. The van der Waals surface area contributed by atoms with Crippen molar-refractivity contribution in [3.05, 3.63) is 59.7 Å². The van der Waals surface area contributed by atoms with Crippen molar-refractivity contribution in [2.45, 2.75) is 23.1 Å². The van der Waals surface area contributed by atoms with E-state index in [1.165, 1.54) is 42.5 Å². The van der Waals surface area contributed by atoms with Gasteiger partial charge in [-0.15, -0.1) is 0 Å². The summed E-state index contributed by atoms with van der Waals surface area (Å²) in [6, 6.07) is 8.90. The van der Waals surface area contributed by atoms with Crippen molar-refractivity contribution >= 4 is 23.5 Å². The summed E-state index contributed by atoms with van der Waals surface area (Å²) in [5.41, 5.74) is -5.17. The van der Waals surface area contributed by atoms with E-state index in [2.05, 4.69) is 10.6 Å². The number of benzene rings is 2. The Labute approximate surface area is 148 Å². The number of anilines is 1. The van der Waals surface area contributed by atoms with Gasteiger partial charge in [0.25, 0.3) is 0 Å². The minimum Gasteiger partial charge on any atom is -0.334 e. The van der Waals surface area contributed by atoms with E-state index in [1.54, 1.807) is 0 Å². The van der Waals surface area contributed by atoms with Crippen LogP contribution < -0.4 is 10.6 Å². The van der Waals surface area contributed by atoms with Gasteiger partial charge in [-0.05, 0) is 47.7 Å². The van der Waals surface area contributed by atoms with Gasteiger partial charge >= 0.3 is 17.7 Å². The third-order valence-electron chi connectivity index (χ3n) is 3.11. The van der Waals surface area contributed by atoms with Crippen LogP contribution in [0.5, 0.6) is 0 Å². The number of thioether (sulfide) groups is 1. The highest BCUT2D eigenvalue weighted by molar-refractivity contribution is 8.00. The molecule has 2 amide bonds. The summed E-state index contributed by atoms with van der Waals surface area (Å²) in [4.78, 5) is 11.7. The molecule has 0 heterocycles. The van der Waals surface area contributed by atoms with Crippen molar-refractivity contribution in [3.8, 4) is 0 Å². The van der Waals surface area contributed by atoms with Crippen LogP contribution in [0.2, 0.25) is 0 Å². The second-order valence-electron chi connectivity index (χ2n) is 5.03. The largest absolute Gasteiger partial charge is 0.446 e. The molecule has 0 bridgehead atoms. The van der Waals surface area contributed by atoms with Crippen molar-refractivity contribution < 1.29 is 31.1 Å². The van der Waals surface area contributed by atoms with E-state index in [-0.39, 0.29) is 34.5 Å². The molecule has 0 aliphatic rings. The lowest BCUT2D eigenvalue weighted by molar-refractivity contribution is -0.138. The lowest BCUT2D eigenvalue weighted by atomic mass is 10.1. The van der Waals surface area contributed by atoms with Gasteiger partial charge in [0, 0.05) is 17.1 Å². The van der Waals surface area contributed by atoms with Crippen LogP contribution in [-0.2, 0) is 12.7 Å². The lowest BCUT2D eigenvalue weighted by Gasteiger charge is -2.13. The first-order chi connectivity index (χ1) is 12.0. The summed E-state index contributed by atoms with van der Waals surface area (Å²) >= 11 is -0.295. The number of carbonyl (C=O) groups is 1. The Morgan fingerprint density at radius 1 is 0.923 bits per heavy atom. The quantitative estimate of drug-likeness (QED) is 0.521. The zero-order chi connectivity index (χ0) is 19.4. The van der Waals surface area contributed by atoms with E-state index < -0.39 is 23.3 Å². The number of nitrogens with one attached hydrogen (secondary N) is 2. The standard InChI is InChI=1S/C16H12F6N2OS/c17-15(18,19)13-4-2-1-3-10(13)9-23-14(25)24-11-5-7-12(8-6-11)26-16(20,21)22/h1-8H,9H2,(H2,23,24,25). The third-order valence-corrected chi connectivity index (χ3v) is 3.85. The minimum absolute atomic E-state index is 0.0532. The van der Waals surface area contributed by atoms with Crippen molar-refractivity contribution in [2.24, 2.45) is 0 Å². The summed E-state index contributed by atoms with van der Waals surface area (Å²) in [5, 5.41) is 4.62. The zero-order valence-electron chi connectivity index (χ0n) is 12.9. The number of urea groups is 1. The molecule has 0 unspecified atom stereocenters. The topological polar surface area (TPSA) is 41.1 Å². The highest BCUT2D eigenvalue weighted by atomic mass is 32.2. The van der Waals surface area contributed by atoms with E-state index >= 15 is 0 Å². The molecular weight excluding hydrogens is 382 g/mol. The number of halogens is 6. The monoisotopic (exact) mass is 394 g/mol. The SMILES string of the molecule is O=C(NCc1ccccc1C(F)(F)F)Nc1ccc(SC(F)(F)F)cc1. The van der Waals surface area contributed by atoms with Gasteiger partial charge in [-0.3, -0.25) is 0 Å². The van der Waals surface area contributed by atoms with E-state index in [0.29, 0.717) is 0 Å². The molecule has 0 aromatic heterocycles. The lowest BCUT2D eigenvalue weighted by Crippen LogP contribution is -2.29. The van der Waals surface area contributed by atoms with Crippen LogP contribution in [0.3, 0.4) is 0 Å². The maximum absolute atomic E-state index is 12.9. The van der Waals surface area contributed by atoms with Gasteiger partial charge in [-0.2, -0.15) is 26.3 Å². The summed E-state index contributed by atoms with van der Waals surface area (Å²) in [5.74, 6) is 0. The van der Waals surface area contributed by atoms with Crippen molar-refractivity contribution in [1.82, 2.24) is 5.32 Å². The predicted octanol–water partition coefficient (Wildman–Crippen LogP) is 5.64.